The lowest BCUT2D eigenvalue weighted by Gasteiger charge is -2.01. The van der Waals surface area contributed by atoms with Crippen LogP contribution in [0, 0.1) is 0 Å². The second kappa shape index (κ2) is 6.60. The molecule has 0 radical (unpaired) electrons. The summed E-state index contributed by atoms with van der Waals surface area (Å²) in [6.07, 6.45) is 2.36. The van der Waals surface area contributed by atoms with Crippen LogP contribution in [0.25, 0.3) is 11.4 Å². The van der Waals surface area contributed by atoms with E-state index in [9.17, 15) is 4.79 Å². The summed E-state index contributed by atoms with van der Waals surface area (Å²) in [6, 6.07) is 9.61. The highest BCUT2D eigenvalue weighted by Gasteiger charge is 2.08. The minimum absolute atomic E-state index is 0.323. The molecule has 1 heterocycles. The first-order valence-corrected chi connectivity index (χ1v) is 6.35. The van der Waals surface area contributed by atoms with Crippen molar-refractivity contribution in [3.05, 3.63) is 42.0 Å². The molecule has 0 fully saturated rings. The lowest BCUT2D eigenvalue weighted by molar-refractivity contribution is -0.136. The van der Waals surface area contributed by atoms with Gasteiger partial charge < -0.3 is 4.74 Å². The Morgan fingerprint density at radius 2 is 2.10 bits per heavy atom. The van der Waals surface area contributed by atoms with E-state index < -0.39 is 0 Å². The summed E-state index contributed by atoms with van der Waals surface area (Å²) in [4.78, 5) is 12.9. The van der Waals surface area contributed by atoms with Crippen molar-refractivity contribution in [1.29, 1.82) is 0 Å². The zero-order valence-corrected chi connectivity index (χ0v) is 11.5. The number of aromatic nitrogens is 4. The fourth-order valence-corrected chi connectivity index (χ4v) is 1.72. The minimum Gasteiger partial charge on any atom is -0.466 e. The van der Waals surface area contributed by atoms with Crippen LogP contribution in [0.15, 0.2) is 42.0 Å². The number of carbonyl (C=O) groups excluding carboxylic acids is 1. The van der Waals surface area contributed by atoms with Gasteiger partial charge in [0.15, 0.2) is 0 Å². The predicted octanol–water partition coefficient (Wildman–Crippen LogP) is 1.85. The van der Waals surface area contributed by atoms with Crippen LogP contribution in [-0.4, -0.2) is 33.3 Å². The molecule has 0 atom stereocenters. The minimum atomic E-state index is -0.323. The Kier molecular flexibility index (Phi) is 4.60. The van der Waals surface area contributed by atoms with E-state index >= 15 is 0 Å². The fraction of sp³-hybridized carbons (Fsp3) is 0.286. The molecule has 1 aromatic heterocycles. The largest absolute Gasteiger partial charge is 0.466 e. The van der Waals surface area contributed by atoms with Crippen LogP contribution < -0.4 is 0 Å². The number of ether oxygens (including phenoxy) is 1. The first-order chi connectivity index (χ1) is 9.74. The van der Waals surface area contributed by atoms with Gasteiger partial charge in [-0.05, 0) is 11.6 Å². The summed E-state index contributed by atoms with van der Waals surface area (Å²) < 4.78 is 4.69. The van der Waals surface area contributed by atoms with Gasteiger partial charge in [0.2, 0.25) is 5.82 Å². The zero-order chi connectivity index (χ0) is 14.4. The molecule has 2 aromatic rings. The first-order valence-electron chi connectivity index (χ1n) is 6.35. The summed E-state index contributed by atoms with van der Waals surface area (Å²) >= 11 is 0. The molecule has 0 aliphatic heterocycles. The SMILES string of the molecule is CCC(=CCn1nnc(-c2ccccc2)n1)C(=O)OC. The number of rotatable bonds is 5. The Hall–Kier alpha value is -2.50. The first kappa shape index (κ1) is 13.9. The van der Waals surface area contributed by atoms with Crippen LogP contribution in [-0.2, 0) is 16.1 Å². The van der Waals surface area contributed by atoms with Crippen LogP contribution in [0.2, 0.25) is 0 Å². The van der Waals surface area contributed by atoms with E-state index in [1.807, 2.05) is 37.3 Å². The van der Waals surface area contributed by atoms with E-state index in [2.05, 4.69) is 15.4 Å². The number of methoxy groups -OCH3 is 1. The molecular formula is C14H16N4O2. The highest BCUT2D eigenvalue weighted by Crippen LogP contribution is 2.12. The lowest BCUT2D eigenvalue weighted by Crippen LogP contribution is -2.07. The molecule has 0 spiro atoms. The van der Waals surface area contributed by atoms with Crippen molar-refractivity contribution in [3.8, 4) is 11.4 Å². The summed E-state index contributed by atoms with van der Waals surface area (Å²) in [7, 11) is 1.37. The lowest BCUT2D eigenvalue weighted by atomic mass is 10.2. The molecule has 104 valence electrons. The Balaban J connectivity index is 2.10. The van der Waals surface area contributed by atoms with Crippen LogP contribution in [0.1, 0.15) is 13.3 Å². The standard InChI is InChI=1S/C14H16N4O2/c1-3-11(14(19)20-2)9-10-18-16-13(15-17-18)12-7-5-4-6-8-12/h4-9H,3,10H2,1-2H3. The van der Waals surface area contributed by atoms with E-state index in [4.69, 9.17) is 4.74 Å². The van der Waals surface area contributed by atoms with Crippen molar-refractivity contribution >= 4 is 5.97 Å². The molecule has 20 heavy (non-hydrogen) atoms. The highest BCUT2D eigenvalue weighted by atomic mass is 16.5. The van der Waals surface area contributed by atoms with Gasteiger partial charge in [-0.3, -0.25) is 0 Å². The second-order valence-corrected chi connectivity index (χ2v) is 4.11. The van der Waals surface area contributed by atoms with Crippen molar-refractivity contribution in [2.45, 2.75) is 19.9 Å². The van der Waals surface area contributed by atoms with E-state index in [0.29, 0.717) is 24.4 Å². The third-order valence-electron chi connectivity index (χ3n) is 2.81. The average Bonchev–Trinajstić information content (AvgIpc) is 2.97. The van der Waals surface area contributed by atoms with Gasteiger partial charge in [0.25, 0.3) is 0 Å². The number of nitrogens with zero attached hydrogens (tertiary/aromatic N) is 4. The van der Waals surface area contributed by atoms with Crippen molar-refractivity contribution < 1.29 is 9.53 Å². The van der Waals surface area contributed by atoms with Crippen molar-refractivity contribution in [3.63, 3.8) is 0 Å². The molecule has 0 unspecified atom stereocenters. The molecule has 2 rings (SSSR count). The van der Waals surface area contributed by atoms with Crippen LogP contribution in [0.3, 0.4) is 0 Å². The number of hydrogen-bond acceptors (Lipinski definition) is 5. The Labute approximate surface area is 117 Å². The number of carbonyl (C=O) groups is 1. The fourth-order valence-electron chi connectivity index (χ4n) is 1.72. The summed E-state index contributed by atoms with van der Waals surface area (Å²) in [6.45, 7) is 2.28. The van der Waals surface area contributed by atoms with Gasteiger partial charge in [0.1, 0.15) is 0 Å². The molecule has 0 aliphatic carbocycles. The Morgan fingerprint density at radius 1 is 1.35 bits per heavy atom. The monoisotopic (exact) mass is 272 g/mol. The summed E-state index contributed by atoms with van der Waals surface area (Å²) in [5.41, 5.74) is 1.51. The normalized spacial score (nSPS) is 11.4. The van der Waals surface area contributed by atoms with Gasteiger partial charge in [-0.2, -0.15) is 4.80 Å². The molecule has 6 nitrogen and oxygen atoms in total. The Bertz CT molecular complexity index is 605. The average molecular weight is 272 g/mol. The molecule has 0 amide bonds. The molecule has 1 aromatic carbocycles. The smallest absolute Gasteiger partial charge is 0.333 e. The van der Waals surface area contributed by atoms with Crippen LogP contribution in [0.4, 0.5) is 0 Å². The number of tetrazole rings is 1. The number of benzene rings is 1. The van der Waals surface area contributed by atoms with Crippen LogP contribution in [0.5, 0.6) is 0 Å². The van der Waals surface area contributed by atoms with Gasteiger partial charge in [-0.1, -0.05) is 43.3 Å². The molecule has 0 bridgehead atoms. The summed E-state index contributed by atoms with van der Waals surface area (Å²) in [5, 5.41) is 12.2. The maximum atomic E-state index is 11.4. The number of esters is 1. The van der Waals surface area contributed by atoms with E-state index in [1.165, 1.54) is 11.9 Å². The van der Waals surface area contributed by atoms with Gasteiger partial charge in [-0.15, -0.1) is 10.2 Å². The van der Waals surface area contributed by atoms with Crippen molar-refractivity contribution in [1.82, 2.24) is 20.2 Å². The number of allylic oxidation sites excluding steroid dienone is 1. The maximum Gasteiger partial charge on any atom is 0.333 e. The molecule has 0 aliphatic rings. The molecule has 0 saturated heterocycles. The van der Waals surface area contributed by atoms with Crippen molar-refractivity contribution in [2.75, 3.05) is 7.11 Å². The topological polar surface area (TPSA) is 69.9 Å². The van der Waals surface area contributed by atoms with Gasteiger partial charge >= 0.3 is 5.97 Å². The summed E-state index contributed by atoms with van der Waals surface area (Å²) in [5.74, 6) is 0.242. The zero-order valence-electron chi connectivity index (χ0n) is 11.5. The predicted molar refractivity (Wildman–Crippen MR) is 73.6 cm³/mol. The van der Waals surface area contributed by atoms with E-state index in [0.717, 1.165) is 5.56 Å². The molecule has 0 saturated carbocycles. The van der Waals surface area contributed by atoms with Crippen molar-refractivity contribution in [2.24, 2.45) is 0 Å². The van der Waals surface area contributed by atoms with Crippen LogP contribution >= 0.6 is 0 Å². The molecular weight excluding hydrogens is 256 g/mol. The van der Waals surface area contributed by atoms with E-state index in [-0.39, 0.29) is 5.97 Å². The van der Waals surface area contributed by atoms with Gasteiger partial charge in [-0.25, -0.2) is 4.79 Å². The highest BCUT2D eigenvalue weighted by molar-refractivity contribution is 5.88. The quantitative estimate of drug-likeness (QED) is 0.613. The van der Waals surface area contributed by atoms with Gasteiger partial charge in [0, 0.05) is 11.1 Å². The third kappa shape index (κ3) is 3.28. The second-order valence-electron chi connectivity index (χ2n) is 4.11. The molecule has 6 heteroatoms. The maximum absolute atomic E-state index is 11.4. The Morgan fingerprint density at radius 3 is 2.75 bits per heavy atom. The number of hydrogen-bond donors (Lipinski definition) is 0. The van der Waals surface area contributed by atoms with Gasteiger partial charge in [0.05, 0.1) is 13.7 Å². The van der Waals surface area contributed by atoms with E-state index in [1.54, 1.807) is 6.08 Å². The molecule has 0 N–H and O–H groups in total. The third-order valence-corrected chi connectivity index (χ3v) is 2.81.